The third kappa shape index (κ3) is 2.55. The normalized spacial score (nSPS) is 18.9. The number of hydrogen-bond acceptors (Lipinski definition) is 4. The van der Waals surface area contributed by atoms with Crippen LogP contribution >= 0.6 is 11.3 Å². The molecule has 0 saturated carbocycles. The predicted molar refractivity (Wildman–Crippen MR) is 84.9 cm³/mol. The lowest BCUT2D eigenvalue weighted by molar-refractivity contribution is -0.122. The molecule has 1 aliphatic rings. The zero-order valence-corrected chi connectivity index (χ0v) is 13.7. The highest BCUT2D eigenvalue weighted by atomic mass is 32.2. The molecule has 2 N–H and O–H groups in total. The quantitative estimate of drug-likeness (QED) is 0.925. The van der Waals surface area contributed by atoms with Crippen LogP contribution in [0.15, 0.2) is 40.6 Å². The first kappa shape index (κ1) is 15.2. The van der Waals surface area contributed by atoms with Crippen molar-refractivity contribution >= 4 is 27.3 Å². The van der Waals surface area contributed by atoms with E-state index in [1.807, 2.05) is 31.2 Å². The Labute approximate surface area is 133 Å². The van der Waals surface area contributed by atoms with Gasteiger partial charge in [-0.05, 0) is 36.6 Å². The van der Waals surface area contributed by atoms with Gasteiger partial charge in [-0.3, -0.25) is 4.79 Å². The van der Waals surface area contributed by atoms with Crippen LogP contribution in [0, 0.1) is 6.92 Å². The van der Waals surface area contributed by atoms with Crippen LogP contribution in [0.3, 0.4) is 0 Å². The molecule has 1 amide bonds. The molecule has 3 rings (SSSR count). The lowest BCUT2D eigenvalue weighted by Crippen LogP contribution is -2.50. The Morgan fingerprint density at radius 3 is 2.50 bits per heavy atom. The Kier molecular flexibility index (Phi) is 3.80. The van der Waals surface area contributed by atoms with Gasteiger partial charge in [0.1, 0.15) is 10.3 Å². The molecule has 0 spiro atoms. The van der Waals surface area contributed by atoms with Crippen LogP contribution < -0.4 is 5.73 Å². The summed E-state index contributed by atoms with van der Waals surface area (Å²) in [7, 11) is -3.73. The summed E-state index contributed by atoms with van der Waals surface area (Å²) in [6.45, 7) is 2.02. The summed E-state index contributed by atoms with van der Waals surface area (Å²) in [6, 6.07) is 10.0. The maximum Gasteiger partial charge on any atom is 0.253 e. The predicted octanol–water partition coefficient (Wildman–Crippen LogP) is 1.66. The van der Waals surface area contributed by atoms with Gasteiger partial charge in [0.05, 0.1) is 0 Å². The van der Waals surface area contributed by atoms with Gasteiger partial charge >= 0.3 is 0 Å². The van der Waals surface area contributed by atoms with Crippen molar-refractivity contribution in [3.8, 4) is 0 Å². The summed E-state index contributed by atoms with van der Waals surface area (Å²) in [6.07, 6.45) is 0.315. The van der Waals surface area contributed by atoms with Crippen molar-refractivity contribution in [2.45, 2.75) is 30.1 Å². The molecule has 22 heavy (non-hydrogen) atoms. The Morgan fingerprint density at radius 2 is 1.91 bits per heavy atom. The van der Waals surface area contributed by atoms with E-state index in [9.17, 15) is 13.2 Å². The van der Waals surface area contributed by atoms with Crippen LogP contribution in [0.4, 0.5) is 0 Å². The number of fused-ring (bicyclic) bond motifs is 1. The van der Waals surface area contributed by atoms with E-state index in [4.69, 9.17) is 5.73 Å². The lowest BCUT2D eigenvalue weighted by atomic mass is 9.96. The minimum atomic E-state index is -3.73. The molecular weight excluding hydrogens is 320 g/mol. The van der Waals surface area contributed by atoms with Crippen molar-refractivity contribution in [2.24, 2.45) is 5.73 Å². The monoisotopic (exact) mass is 336 g/mol. The molecule has 0 unspecified atom stereocenters. The highest BCUT2D eigenvalue weighted by Crippen LogP contribution is 2.31. The van der Waals surface area contributed by atoms with Gasteiger partial charge in [0.25, 0.3) is 10.0 Å². The van der Waals surface area contributed by atoms with Gasteiger partial charge in [0, 0.05) is 11.4 Å². The summed E-state index contributed by atoms with van der Waals surface area (Å²) < 4.78 is 27.2. The van der Waals surface area contributed by atoms with Gasteiger partial charge in [0.15, 0.2) is 0 Å². The fourth-order valence-electron chi connectivity index (χ4n) is 2.66. The van der Waals surface area contributed by atoms with E-state index < -0.39 is 22.0 Å². The van der Waals surface area contributed by atoms with Crippen LogP contribution in [-0.4, -0.2) is 24.7 Å². The Balaban J connectivity index is 2.06. The number of carbonyl (C=O) groups is 1. The summed E-state index contributed by atoms with van der Waals surface area (Å²) in [5, 5.41) is 0. The molecule has 1 aromatic heterocycles. The molecule has 7 heteroatoms. The number of rotatable bonds is 3. The number of nitrogens with zero attached hydrogens (tertiary/aromatic N) is 1. The topological polar surface area (TPSA) is 80.5 Å². The van der Waals surface area contributed by atoms with Crippen molar-refractivity contribution in [1.29, 1.82) is 0 Å². The van der Waals surface area contributed by atoms with E-state index in [2.05, 4.69) is 0 Å². The van der Waals surface area contributed by atoms with Gasteiger partial charge in [-0.15, -0.1) is 11.3 Å². The van der Waals surface area contributed by atoms with E-state index in [-0.39, 0.29) is 10.8 Å². The first-order valence-electron chi connectivity index (χ1n) is 6.84. The zero-order chi connectivity index (χ0) is 15.9. The zero-order valence-electron chi connectivity index (χ0n) is 12.0. The number of aryl methyl sites for hydroxylation is 1. The minimum Gasteiger partial charge on any atom is -0.368 e. The van der Waals surface area contributed by atoms with E-state index in [1.54, 1.807) is 12.1 Å². The molecular formula is C15H16N2O3S2. The summed E-state index contributed by atoms with van der Waals surface area (Å²) in [4.78, 5) is 12.7. The fraction of sp³-hybridized carbons (Fsp3) is 0.267. The molecule has 0 aliphatic carbocycles. The van der Waals surface area contributed by atoms with Crippen molar-refractivity contribution in [3.63, 3.8) is 0 Å². The standard InChI is InChI=1S/C15H16N2O3S2/c1-10-6-7-14(21-10)22(19,20)17-9-12-5-3-2-4-11(12)8-13(17)15(16)18/h2-7,13H,8-9H2,1H3,(H2,16,18)/t13-/m0/s1. The van der Waals surface area contributed by atoms with Crippen LogP contribution in [0.25, 0.3) is 0 Å². The fourth-order valence-corrected chi connectivity index (χ4v) is 5.65. The highest BCUT2D eigenvalue weighted by Gasteiger charge is 2.39. The highest BCUT2D eigenvalue weighted by molar-refractivity contribution is 7.91. The number of nitrogens with two attached hydrogens (primary N) is 1. The van der Waals surface area contributed by atoms with Crippen molar-refractivity contribution in [2.75, 3.05) is 0 Å². The smallest absolute Gasteiger partial charge is 0.253 e. The summed E-state index contributed by atoms with van der Waals surface area (Å²) in [5.41, 5.74) is 7.34. The molecule has 0 fully saturated rings. The lowest BCUT2D eigenvalue weighted by Gasteiger charge is -2.33. The maximum absolute atomic E-state index is 12.9. The van der Waals surface area contributed by atoms with Crippen LogP contribution in [0.1, 0.15) is 16.0 Å². The van der Waals surface area contributed by atoms with Crippen LogP contribution in [0.2, 0.25) is 0 Å². The number of amides is 1. The molecule has 2 aromatic rings. The summed E-state index contributed by atoms with van der Waals surface area (Å²) in [5.74, 6) is -0.619. The number of carbonyl (C=O) groups excluding carboxylic acids is 1. The van der Waals surface area contributed by atoms with Gasteiger partial charge in [0.2, 0.25) is 5.91 Å². The van der Waals surface area contributed by atoms with Gasteiger partial charge in [-0.2, -0.15) is 4.31 Å². The molecule has 1 aromatic carbocycles. The van der Waals surface area contributed by atoms with E-state index >= 15 is 0 Å². The Bertz CT molecular complexity index is 827. The molecule has 5 nitrogen and oxygen atoms in total. The molecule has 1 atom stereocenters. The second-order valence-corrected chi connectivity index (χ2v) is 8.71. The minimum absolute atomic E-state index is 0.170. The third-order valence-electron chi connectivity index (χ3n) is 3.81. The molecule has 0 radical (unpaired) electrons. The van der Waals surface area contributed by atoms with Crippen molar-refractivity contribution < 1.29 is 13.2 Å². The van der Waals surface area contributed by atoms with Crippen LogP contribution in [0.5, 0.6) is 0 Å². The molecule has 2 heterocycles. The van der Waals surface area contributed by atoms with Gasteiger partial charge < -0.3 is 5.73 Å². The van der Waals surface area contributed by atoms with Gasteiger partial charge in [-0.25, -0.2) is 8.42 Å². The Hall–Kier alpha value is -1.70. The van der Waals surface area contributed by atoms with E-state index in [0.717, 1.165) is 16.0 Å². The van der Waals surface area contributed by atoms with E-state index in [1.165, 1.54) is 15.6 Å². The summed E-state index contributed by atoms with van der Waals surface area (Å²) >= 11 is 1.20. The average Bonchev–Trinajstić information content (AvgIpc) is 2.93. The maximum atomic E-state index is 12.9. The molecule has 1 aliphatic heterocycles. The molecule has 116 valence electrons. The number of sulfonamides is 1. The van der Waals surface area contributed by atoms with Crippen molar-refractivity contribution in [1.82, 2.24) is 4.31 Å². The number of thiophene rings is 1. The first-order valence-corrected chi connectivity index (χ1v) is 9.09. The molecule has 0 saturated heterocycles. The largest absolute Gasteiger partial charge is 0.368 e. The second-order valence-electron chi connectivity index (χ2n) is 5.31. The number of primary amides is 1. The van der Waals surface area contributed by atoms with Crippen molar-refractivity contribution in [3.05, 3.63) is 52.4 Å². The average molecular weight is 336 g/mol. The molecule has 0 bridgehead atoms. The van der Waals surface area contributed by atoms with Gasteiger partial charge in [-0.1, -0.05) is 24.3 Å². The van der Waals surface area contributed by atoms with E-state index in [0.29, 0.717) is 6.42 Å². The first-order chi connectivity index (χ1) is 10.4. The number of hydrogen-bond donors (Lipinski definition) is 1. The number of benzene rings is 1. The second kappa shape index (κ2) is 5.49. The SMILES string of the molecule is Cc1ccc(S(=O)(=O)N2Cc3ccccc3C[C@H]2C(N)=O)s1. The third-order valence-corrected chi connectivity index (χ3v) is 7.14. The Morgan fingerprint density at radius 1 is 1.23 bits per heavy atom. The van der Waals surface area contributed by atoms with Crippen LogP contribution in [-0.2, 0) is 27.8 Å².